The number of β-lactam (4-membered cyclic amide) rings is 1. The average Bonchev–Trinajstić information content (AvgIpc) is 3.20. The van der Waals surface area contributed by atoms with Crippen LogP contribution >= 0.6 is 11.8 Å². The van der Waals surface area contributed by atoms with Crippen molar-refractivity contribution in [1.82, 2.24) is 10.2 Å². The molecule has 3 aliphatic heterocycles. The van der Waals surface area contributed by atoms with Gasteiger partial charge in [-0.2, -0.15) is 0 Å². The highest BCUT2D eigenvalue weighted by Crippen LogP contribution is 2.43. The molecule has 0 bridgehead atoms. The summed E-state index contributed by atoms with van der Waals surface area (Å²) in [5.41, 5.74) is 1.71. The third-order valence-electron chi connectivity index (χ3n) is 5.15. The fourth-order valence-electron chi connectivity index (χ4n) is 3.77. The Morgan fingerprint density at radius 1 is 1.30 bits per heavy atom. The molecule has 2 fully saturated rings. The van der Waals surface area contributed by atoms with Crippen LogP contribution in [0.15, 0.2) is 41.6 Å². The van der Waals surface area contributed by atoms with Crippen molar-refractivity contribution in [2.45, 2.75) is 24.3 Å². The largest absolute Gasteiger partial charge is 0.477 e. The number of carbonyl (C=O) groups excluding carboxylic acids is 2. The zero-order chi connectivity index (χ0) is 19.0. The van der Waals surface area contributed by atoms with Crippen LogP contribution in [0.2, 0.25) is 0 Å². The zero-order valence-corrected chi connectivity index (χ0v) is 15.4. The van der Waals surface area contributed by atoms with Gasteiger partial charge in [0.25, 0.3) is 5.91 Å². The number of carboxylic acid groups (broad SMARTS) is 1. The standard InChI is InChI=1S/C19H20N2O5S/c22-14(8-11-4-2-1-3-5-11)20-15-17(23)21-16(19(24)25)13(10-27-18(15)21)12-6-7-26-9-12/h1-5,12,15,18H,6-10H2,(H,20,22)(H,24,25)/t12?,15-,18-/m1/s1. The van der Waals surface area contributed by atoms with E-state index in [0.717, 1.165) is 17.6 Å². The van der Waals surface area contributed by atoms with Gasteiger partial charge in [0.15, 0.2) is 0 Å². The molecule has 3 heterocycles. The fourth-order valence-corrected chi connectivity index (χ4v) is 5.23. The Morgan fingerprint density at radius 2 is 2.07 bits per heavy atom. The van der Waals surface area contributed by atoms with Crippen molar-refractivity contribution in [3.05, 3.63) is 47.2 Å². The van der Waals surface area contributed by atoms with E-state index in [9.17, 15) is 19.5 Å². The van der Waals surface area contributed by atoms with E-state index in [1.807, 2.05) is 30.3 Å². The van der Waals surface area contributed by atoms with Gasteiger partial charge < -0.3 is 15.2 Å². The summed E-state index contributed by atoms with van der Waals surface area (Å²) in [6, 6.07) is 8.61. The molecule has 4 rings (SSSR count). The van der Waals surface area contributed by atoms with E-state index in [-0.39, 0.29) is 35.2 Å². The number of fused-ring (bicyclic) bond motifs is 1. The third kappa shape index (κ3) is 3.35. The van der Waals surface area contributed by atoms with Gasteiger partial charge in [-0.05, 0) is 17.6 Å². The van der Waals surface area contributed by atoms with Crippen molar-refractivity contribution < 1.29 is 24.2 Å². The first-order valence-electron chi connectivity index (χ1n) is 8.88. The van der Waals surface area contributed by atoms with Crippen LogP contribution in [-0.4, -0.2) is 58.2 Å². The van der Waals surface area contributed by atoms with E-state index in [4.69, 9.17) is 4.74 Å². The number of carboxylic acids is 1. The van der Waals surface area contributed by atoms with Crippen molar-refractivity contribution in [3.63, 3.8) is 0 Å². The maximum Gasteiger partial charge on any atom is 0.352 e. The van der Waals surface area contributed by atoms with Crippen molar-refractivity contribution in [2.75, 3.05) is 19.0 Å². The molecular formula is C19H20N2O5S. The molecule has 2 saturated heterocycles. The molecule has 3 aliphatic rings. The number of carbonyl (C=O) groups is 3. The minimum atomic E-state index is -1.09. The van der Waals surface area contributed by atoms with E-state index >= 15 is 0 Å². The second kappa shape index (κ2) is 7.36. The monoisotopic (exact) mass is 388 g/mol. The third-order valence-corrected chi connectivity index (χ3v) is 6.45. The van der Waals surface area contributed by atoms with E-state index in [1.54, 1.807) is 0 Å². The van der Waals surface area contributed by atoms with Crippen LogP contribution in [0.25, 0.3) is 0 Å². The number of nitrogens with zero attached hydrogens (tertiary/aromatic N) is 1. The SMILES string of the molecule is O=C(Cc1ccccc1)N[C@@H]1C(=O)N2C(C(=O)O)=C(C3CCOC3)CS[C@H]12. The van der Waals surface area contributed by atoms with Gasteiger partial charge in [0, 0.05) is 18.3 Å². The maximum absolute atomic E-state index is 12.6. The van der Waals surface area contributed by atoms with Gasteiger partial charge in [-0.15, -0.1) is 11.8 Å². The Morgan fingerprint density at radius 3 is 2.74 bits per heavy atom. The lowest BCUT2D eigenvalue weighted by atomic mass is 9.94. The van der Waals surface area contributed by atoms with Gasteiger partial charge in [-0.1, -0.05) is 30.3 Å². The van der Waals surface area contributed by atoms with Crippen molar-refractivity contribution in [3.8, 4) is 0 Å². The van der Waals surface area contributed by atoms with Gasteiger partial charge in [0.2, 0.25) is 5.91 Å². The predicted molar refractivity (Wildman–Crippen MR) is 98.8 cm³/mol. The topological polar surface area (TPSA) is 95.9 Å². The molecule has 2 amide bonds. The quantitative estimate of drug-likeness (QED) is 0.731. The minimum absolute atomic E-state index is 0.0454. The van der Waals surface area contributed by atoms with E-state index in [0.29, 0.717) is 19.0 Å². The summed E-state index contributed by atoms with van der Waals surface area (Å²) in [6.07, 6.45) is 0.963. The van der Waals surface area contributed by atoms with E-state index < -0.39 is 12.0 Å². The van der Waals surface area contributed by atoms with E-state index in [2.05, 4.69) is 5.32 Å². The molecule has 142 valence electrons. The first-order chi connectivity index (χ1) is 13.1. The van der Waals surface area contributed by atoms with Gasteiger partial charge >= 0.3 is 5.97 Å². The second-order valence-electron chi connectivity index (χ2n) is 6.86. The zero-order valence-electron chi connectivity index (χ0n) is 14.6. The highest BCUT2D eigenvalue weighted by atomic mass is 32.2. The average molecular weight is 388 g/mol. The lowest BCUT2D eigenvalue weighted by Gasteiger charge is -2.50. The number of ether oxygens (including phenoxy) is 1. The number of nitrogens with one attached hydrogen (secondary N) is 1. The van der Waals surface area contributed by atoms with E-state index in [1.165, 1.54) is 16.7 Å². The van der Waals surface area contributed by atoms with Crippen LogP contribution in [0.4, 0.5) is 0 Å². The minimum Gasteiger partial charge on any atom is -0.477 e. The number of benzene rings is 1. The Labute approximate surface area is 160 Å². The molecule has 8 heteroatoms. The number of rotatable bonds is 5. The smallest absolute Gasteiger partial charge is 0.352 e. The van der Waals surface area contributed by atoms with Crippen LogP contribution in [0.1, 0.15) is 12.0 Å². The summed E-state index contributed by atoms with van der Waals surface area (Å²) in [4.78, 5) is 38.1. The van der Waals surface area contributed by atoms with Gasteiger partial charge in [-0.3, -0.25) is 14.5 Å². The Bertz CT molecular complexity index is 804. The van der Waals surface area contributed by atoms with Crippen molar-refractivity contribution in [1.29, 1.82) is 0 Å². The normalized spacial score (nSPS) is 27.2. The number of aliphatic carboxylic acids is 1. The van der Waals surface area contributed by atoms with Crippen LogP contribution < -0.4 is 5.32 Å². The van der Waals surface area contributed by atoms with Crippen LogP contribution in [0.3, 0.4) is 0 Å². The number of amides is 2. The molecule has 1 unspecified atom stereocenters. The molecule has 7 nitrogen and oxygen atoms in total. The highest BCUT2D eigenvalue weighted by Gasteiger charge is 2.54. The molecule has 0 saturated carbocycles. The van der Waals surface area contributed by atoms with Crippen molar-refractivity contribution in [2.24, 2.45) is 5.92 Å². The van der Waals surface area contributed by atoms with Gasteiger partial charge in [0.05, 0.1) is 13.0 Å². The summed E-state index contributed by atoms with van der Waals surface area (Å²) in [5.74, 6) is -1.11. The van der Waals surface area contributed by atoms with Crippen LogP contribution in [0.5, 0.6) is 0 Å². The number of hydrogen-bond acceptors (Lipinski definition) is 5. The molecular weight excluding hydrogens is 368 g/mol. The molecule has 0 aliphatic carbocycles. The lowest BCUT2D eigenvalue weighted by Crippen LogP contribution is -2.70. The van der Waals surface area contributed by atoms with Crippen LogP contribution in [-0.2, 0) is 25.5 Å². The molecule has 0 spiro atoms. The molecule has 0 radical (unpaired) electrons. The summed E-state index contributed by atoms with van der Waals surface area (Å²) in [7, 11) is 0. The van der Waals surface area contributed by atoms with Crippen LogP contribution in [0, 0.1) is 5.92 Å². The summed E-state index contributed by atoms with van der Waals surface area (Å²) in [6.45, 7) is 1.11. The molecule has 0 aromatic heterocycles. The van der Waals surface area contributed by atoms with Gasteiger partial charge in [0.1, 0.15) is 17.1 Å². The summed E-state index contributed by atoms with van der Waals surface area (Å²) >= 11 is 1.50. The summed E-state index contributed by atoms with van der Waals surface area (Å²) < 4.78 is 5.38. The fraction of sp³-hybridized carbons (Fsp3) is 0.421. The first-order valence-corrected chi connectivity index (χ1v) is 9.93. The molecule has 27 heavy (non-hydrogen) atoms. The number of thioether (sulfide) groups is 1. The Hall–Kier alpha value is -2.32. The van der Waals surface area contributed by atoms with Crippen molar-refractivity contribution >= 4 is 29.5 Å². The molecule has 2 N–H and O–H groups in total. The Balaban J connectivity index is 1.47. The first kappa shape index (κ1) is 18.1. The highest BCUT2D eigenvalue weighted by molar-refractivity contribution is 8.00. The molecule has 1 aromatic carbocycles. The molecule has 3 atom stereocenters. The second-order valence-corrected chi connectivity index (χ2v) is 7.96. The predicted octanol–water partition coefficient (Wildman–Crippen LogP) is 1.00. The maximum atomic E-state index is 12.6. The number of hydrogen-bond donors (Lipinski definition) is 2. The van der Waals surface area contributed by atoms with Gasteiger partial charge in [-0.25, -0.2) is 4.79 Å². The Kier molecular flexibility index (Phi) is 4.92. The molecule has 1 aromatic rings. The summed E-state index contributed by atoms with van der Waals surface area (Å²) in [5, 5.41) is 12.1. The lowest BCUT2D eigenvalue weighted by molar-refractivity contribution is -0.150.